The third-order valence-corrected chi connectivity index (χ3v) is 5.60. The van der Waals surface area contributed by atoms with Gasteiger partial charge in [0.05, 0.1) is 0 Å². The van der Waals surface area contributed by atoms with Crippen LogP contribution in [0, 0.1) is 11.3 Å². The number of piperazine rings is 1. The van der Waals surface area contributed by atoms with Crippen molar-refractivity contribution in [1.82, 2.24) is 9.80 Å². The lowest BCUT2D eigenvalue weighted by atomic mass is 9.65. The minimum atomic E-state index is -0.450. The Morgan fingerprint density at radius 1 is 1.16 bits per heavy atom. The lowest BCUT2D eigenvalue weighted by Gasteiger charge is -2.42. The van der Waals surface area contributed by atoms with Gasteiger partial charge in [0.25, 0.3) is 0 Å². The number of nitrogens with two attached hydrogens (primary N) is 1. The highest BCUT2D eigenvalue weighted by molar-refractivity contribution is 14.0. The number of rotatable bonds is 3. The molecule has 2 N–H and O–H groups in total. The van der Waals surface area contributed by atoms with Gasteiger partial charge >= 0.3 is 6.09 Å². The summed E-state index contributed by atoms with van der Waals surface area (Å²) in [5.41, 5.74) is 6.23. The highest BCUT2D eigenvalue weighted by atomic mass is 127. The van der Waals surface area contributed by atoms with Gasteiger partial charge in [-0.1, -0.05) is 6.42 Å². The maximum absolute atomic E-state index is 12.1. The summed E-state index contributed by atoms with van der Waals surface area (Å²) < 4.78 is 5.43. The molecule has 0 aromatic rings. The van der Waals surface area contributed by atoms with Crippen molar-refractivity contribution in [2.75, 3.05) is 32.7 Å². The van der Waals surface area contributed by atoms with E-state index < -0.39 is 5.60 Å². The van der Waals surface area contributed by atoms with Crippen molar-refractivity contribution in [3.63, 3.8) is 0 Å². The van der Waals surface area contributed by atoms with Crippen molar-refractivity contribution in [3.05, 3.63) is 0 Å². The third-order valence-electron chi connectivity index (χ3n) is 5.60. The molecule has 0 unspecified atom stereocenters. The molecule has 6 nitrogen and oxygen atoms in total. The molecule has 0 spiro atoms. The summed E-state index contributed by atoms with van der Waals surface area (Å²) in [7, 11) is 0. The summed E-state index contributed by atoms with van der Waals surface area (Å²) in [4.78, 5) is 20.7. The Hall–Kier alpha value is -0.730. The van der Waals surface area contributed by atoms with Gasteiger partial charge in [-0.2, -0.15) is 0 Å². The van der Waals surface area contributed by atoms with Crippen LogP contribution in [-0.4, -0.2) is 60.2 Å². The summed E-state index contributed by atoms with van der Waals surface area (Å²) >= 11 is 0. The second-order valence-corrected chi connectivity index (χ2v) is 8.62. The van der Waals surface area contributed by atoms with Crippen LogP contribution in [0.25, 0.3) is 0 Å². The Labute approximate surface area is 168 Å². The molecule has 7 heteroatoms. The normalized spacial score (nSPS) is 23.6. The van der Waals surface area contributed by atoms with E-state index in [-0.39, 0.29) is 30.1 Å². The number of hydrogen-bond donors (Lipinski definition) is 1. The van der Waals surface area contributed by atoms with Gasteiger partial charge in [0.1, 0.15) is 5.60 Å². The van der Waals surface area contributed by atoms with Crippen LogP contribution in [0.1, 0.15) is 52.9 Å². The molecule has 25 heavy (non-hydrogen) atoms. The van der Waals surface area contributed by atoms with Crippen LogP contribution in [0.2, 0.25) is 0 Å². The summed E-state index contributed by atoms with van der Waals surface area (Å²) in [5.74, 6) is 1.54. The molecule has 1 amide bonds. The number of ether oxygens (including phenoxy) is 1. The van der Waals surface area contributed by atoms with Gasteiger partial charge in [-0.15, -0.1) is 24.0 Å². The van der Waals surface area contributed by atoms with Crippen LogP contribution in [0.3, 0.4) is 0 Å². The fraction of sp³-hybridized carbons (Fsp3) is 0.889. The summed E-state index contributed by atoms with van der Waals surface area (Å²) in [6.45, 7) is 9.29. The van der Waals surface area contributed by atoms with E-state index >= 15 is 0 Å². The quantitative estimate of drug-likeness (QED) is 0.396. The van der Waals surface area contributed by atoms with Gasteiger partial charge in [0.15, 0.2) is 5.96 Å². The topological polar surface area (TPSA) is 71.2 Å². The molecule has 0 atom stereocenters. The molecule has 0 aromatic carbocycles. The number of nitrogens with zero attached hydrogens (tertiary/aromatic N) is 3. The van der Waals surface area contributed by atoms with Gasteiger partial charge < -0.3 is 20.3 Å². The fourth-order valence-electron chi connectivity index (χ4n) is 3.81. The Morgan fingerprint density at radius 3 is 2.16 bits per heavy atom. The molecule has 1 heterocycles. The molecule has 3 rings (SSSR count). The minimum Gasteiger partial charge on any atom is -0.444 e. The first-order valence-corrected chi connectivity index (χ1v) is 9.32. The van der Waals surface area contributed by atoms with Crippen molar-refractivity contribution >= 4 is 36.0 Å². The van der Waals surface area contributed by atoms with Crippen LogP contribution in [0.5, 0.6) is 0 Å². The fourth-order valence-corrected chi connectivity index (χ4v) is 3.81. The standard InChI is InChI=1S/C18H32N4O2.HI/c1-17(2,3)24-16(23)22-11-9-21(10-12-22)15(19)20-13-18(7-4-8-18)14-5-6-14;/h14H,4-13H2,1-3H3,(H2,19,20);1H. The molecule has 3 fully saturated rings. The number of hydrogen-bond acceptors (Lipinski definition) is 3. The number of amides is 1. The van der Waals surface area contributed by atoms with Crippen molar-refractivity contribution in [2.45, 2.75) is 58.5 Å². The first-order chi connectivity index (χ1) is 11.3. The molecule has 1 aliphatic heterocycles. The first-order valence-electron chi connectivity index (χ1n) is 9.32. The molecule has 1 saturated heterocycles. The van der Waals surface area contributed by atoms with E-state index in [1.807, 2.05) is 20.8 Å². The highest BCUT2D eigenvalue weighted by Crippen LogP contribution is 2.57. The van der Waals surface area contributed by atoms with Gasteiger partial charge in [0, 0.05) is 32.7 Å². The Morgan fingerprint density at radius 2 is 1.72 bits per heavy atom. The van der Waals surface area contributed by atoms with Crippen LogP contribution in [0.4, 0.5) is 4.79 Å². The van der Waals surface area contributed by atoms with Gasteiger partial charge in [-0.3, -0.25) is 4.99 Å². The second kappa shape index (κ2) is 7.88. The second-order valence-electron chi connectivity index (χ2n) is 8.62. The maximum Gasteiger partial charge on any atom is 0.410 e. The van der Waals surface area contributed by atoms with Gasteiger partial charge in [0.2, 0.25) is 0 Å². The Balaban J connectivity index is 0.00000225. The number of carbonyl (C=O) groups is 1. The van der Waals surface area contributed by atoms with Crippen molar-refractivity contribution in [2.24, 2.45) is 22.1 Å². The number of aliphatic imine (C=N–C) groups is 1. The molecule has 2 saturated carbocycles. The van der Waals surface area contributed by atoms with E-state index in [4.69, 9.17) is 15.5 Å². The van der Waals surface area contributed by atoms with E-state index in [0.29, 0.717) is 24.5 Å². The van der Waals surface area contributed by atoms with Crippen molar-refractivity contribution < 1.29 is 9.53 Å². The number of guanidine groups is 1. The number of carbonyl (C=O) groups excluding carboxylic acids is 1. The van der Waals surface area contributed by atoms with Crippen LogP contribution < -0.4 is 5.73 Å². The molecule has 2 aliphatic carbocycles. The van der Waals surface area contributed by atoms with Gasteiger partial charge in [-0.25, -0.2) is 4.79 Å². The number of halogens is 1. The van der Waals surface area contributed by atoms with E-state index in [2.05, 4.69) is 4.90 Å². The lowest BCUT2D eigenvalue weighted by molar-refractivity contribution is 0.0186. The van der Waals surface area contributed by atoms with Crippen LogP contribution in [0.15, 0.2) is 4.99 Å². The predicted molar refractivity (Wildman–Crippen MR) is 110 cm³/mol. The third kappa shape index (κ3) is 5.14. The minimum absolute atomic E-state index is 0. The zero-order valence-electron chi connectivity index (χ0n) is 15.8. The van der Waals surface area contributed by atoms with Crippen LogP contribution in [-0.2, 0) is 4.74 Å². The first kappa shape index (κ1) is 20.6. The molecule has 144 valence electrons. The molecule has 3 aliphatic rings. The molecule has 0 bridgehead atoms. The lowest BCUT2D eigenvalue weighted by Crippen LogP contribution is -2.53. The van der Waals surface area contributed by atoms with Crippen LogP contribution >= 0.6 is 24.0 Å². The van der Waals surface area contributed by atoms with E-state index in [1.54, 1.807) is 4.90 Å². The van der Waals surface area contributed by atoms with Crippen molar-refractivity contribution in [1.29, 1.82) is 0 Å². The molecular formula is C18H33IN4O2. The average molecular weight is 464 g/mol. The Bertz CT molecular complexity index is 502. The highest BCUT2D eigenvalue weighted by Gasteiger charge is 2.48. The summed E-state index contributed by atoms with van der Waals surface area (Å²) in [5, 5.41) is 0. The zero-order chi connectivity index (χ0) is 17.4. The monoisotopic (exact) mass is 464 g/mol. The molecule has 0 aromatic heterocycles. The van der Waals surface area contributed by atoms with Gasteiger partial charge in [-0.05, 0) is 57.8 Å². The molecule has 0 radical (unpaired) electrons. The summed E-state index contributed by atoms with van der Waals surface area (Å²) in [6.07, 6.45) is 6.51. The maximum atomic E-state index is 12.1. The van der Waals surface area contributed by atoms with Crippen molar-refractivity contribution in [3.8, 4) is 0 Å². The van der Waals surface area contributed by atoms with E-state index in [9.17, 15) is 4.79 Å². The smallest absolute Gasteiger partial charge is 0.410 e. The Kier molecular flexibility index (Phi) is 6.49. The predicted octanol–water partition coefficient (Wildman–Crippen LogP) is 3.05. The van der Waals surface area contributed by atoms with E-state index in [0.717, 1.165) is 25.6 Å². The average Bonchev–Trinajstić information content (AvgIpc) is 3.29. The largest absolute Gasteiger partial charge is 0.444 e. The van der Waals surface area contributed by atoms with E-state index in [1.165, 1.54) is 32.1 Å². The summed E-state index contributed by atoms with van der Waals surface area (Å²) in [6, 6.07) is 0. The molecular weight excluding hydrogens is 431 g/mol. The zero-order valence-corrected chi connectivity index (χ0v) is 18.1. The SMILES string of the molecule is CC(C)(C)OC(=O)N1CCN(C(N)=NCC2(C3CC3)CCC2)CC1.I.